The van der Waals surface area contributed by atoms with E-state index in [1.807, 2.05) is 39.2 Å². The minimum absolute atomic E-state index is 0.397. The van der Waals surface area contributed by atoms with Crippen molar-refractivity contribution < 1.29 is 14.3 Å². The Labute approximate surface area is 260 Å². The van der Waals surface area contributed by atoms with E-state index in [0.29, 0.717) is 43.2 Å². The van der Waals surface area contributed by atoms with E-state index in [-0.39, 0.29) is 0 Å². The van der Waals surface area contributed by atoms with Crippen LogP contribution in [-0.2, 0) is 29.2 Å². The maximum absolute atomic E-state index is 12.1. The summed E-state index contributed by atoms with van der Waals surface area (Å²) in [5, 5.41) is 11.4. The molecular weight excluding hydrogens is 636 g/mol. The van der Waals surface area contributed by atoms with Gasteiger partial charge in [0.2, 0.25) is 5.95 Å². The number of imidazole rings is 1. The van der Waals surface area contributed by atoms with Crippen LogP contribution in [0.25, 0.3) is 16.7 Å². The molecule has 4 rings (SSSR count). The lowest BCUT2D eigenvalue weighted by molar-refractivity contribution is 0.0527. The second-order valence-corrected chi connectivity index (χ2v) is 19.5. The quantitative estimate of drug-likeness (QED) is 0.0949. The van der Waals surface area contributed by atoms with Crippen LogP contribution < -0.4 is 10.6 Å². The summed E-state index contributed by atoms with van der Waals surface area (Å²) >= 11 is 5.00. The average Bonchev–Trinajstić information content (AvgIpc) is 3.46. The second-order valence-electron chi connectivity index (χ2n) is 12.2. The van der Waals surface area contributed by atoms with Gasteiger partial charge < -0.3 is 24.7 Å². The zero-order valence-electron chi connectivity index (χ0n) is 25.5. The van der Waals surface area contributed by atoms with Crippen LogP contribution in [0.5, 0.6) is 0 Å². The van der Waals surface area contributed by atoms with Gasteiger partial charge in [0.15, 0.2) is 10.8 Å². The van der Waals surface area contributed by atoms with E-state index in [9.17, 15) is 4.79 Å². The van der Waals surface area contributed by atoms with E-state index in [2.05, 4.69) is 71.9 Å². The van der Waals surface area contributed by atoms with Crippen LogP contribution in [-0.4, -0.2) is 68.3 Å². The van der Waals surface area contributed by atoms with Gasteiger partial charge in [0.05, 0.1) is 28.2 Å². The Kier molecular flexibility index (Phi) is 10.5. The molecule has 3 heterocycles. The molecule has 4 aromatic rings. The largest absolute Gasteiger partial charge is 0.444 e. The molecule has 0 saturated carbocycles. The zero-order valence-corrected chi connectivity index (χ0v) is 28.9. The molecule has 42 heavy (non-hydrogen) atoms. The molecule has 2 N–H and O–H groups in total. The van der Waals surface area contributed by atoms with Gasteiger partial charge in [-0.15, -0.1) is 0 Å². The van der Waals surface area contributed by atoms with Crippen LogP contribution in [0.15, 0.2) is 34.0 Å². The van der Waals surface area contributed by atoms with Crippen LogP contribution in [0, 0.1) is 0 Å². The highest BCUT2D eigenvalue weighted by molar-refractivity contribution is 9.10. The minimum atomic E-state index is -1.23. The zero-order chi connectivity index (χ0) is 30.5. The molecule has 0 unspecified atom stereocenters. The lowest BCUT2D eigenvalue weighted by Crippen LogP contribution is -2.33. The molecule has 14 heteroatoms. The molecule has 0 saturated heterocycles. The maximum atomic E-state index is 12.1. The first-order valence-electron chi connectivity index (χ1n) is 14.1. The number of aryl methyl sites for hydroxylation is 1. The van der Waals surface area contributed by atoms with Crippen molar-refractivity contribution in [3.8, 4) is 0 Å². The minimum Gasteiger partial charge on any atom is -0.444 e. The van der Waals surface area contributed by atoms with Crippen molar-refractivity contribution in [2.75, 3.05) is 24.7 Å². The number of rotatable bonds is 13. The molecule has 0 atom stereocenters. The topological polar surface area (TPSA) is 120 Å². The van der Waals surface area contributed by atoms with Gasteiger partial charge in [-0.3, -0.25) is 0 Å². The van der Waals surface area contributed by atoms with Crippen LogP contribution in [0.2, 0.25) is 25.7 Å². The number of nitrogens with zero attached hydrogens (tertiary/aromatic N) is 6. The summed E-state index contributed by atoms with van der Waals surface area (Å²) in [5.41, 5.74) is 3.26. The molecule has 3 aromatic heterocycles. The van der Waals surface area contributed by atoms with Crippen molar-refractivity contribution in [1.29, 1.82) is 0 Å². The molecule has 1 amide bonds. The maximum Gasteiger partial charge on any atom is 0.407 e. The molecule has 228 valence electrons. The predicted octanol–water partition coefficient (Wildman–Crippen LogP) is 6.34. The van der Waals surface area contributed by atoms with Crippen molar-refractivity contribution in [3.63, 3.8) is 0 Å². The molecule has 0 fully saturated rings. The first kappa shape index (κ1) is 32.2. The fraction of sp³-hybridized carbons (Fsp3) is 0.536. The third-order valence-corrected chi connectivity index (χ3v) is 9.14. The summed E-state index contributed by atoms with van der Waals surface area (Å²) in [6, 6.07) is 7.26. The summed E-state index contributed by atoms with van der Waals surface area (Å²) in [6.45, 7) is 14.6. The van der Waals surface area contributed by atoms with Gasteiger partial charge in [-0.2, -0.15) is 14.6 Å². The van der Waals surface area contributed by atoms with Gasteiger partial charge in [0, 0.05) is 21.2 Å². The highest BCUT2D eigenvalue weighted by atomic mass is 79.9. The Balaban J connectivity index is 1.56. The lowest BCUT2D eigenvalue weighted by atomic mass is 10.1. The number of hydrogen-bond acceptors (Lipinski definition) is 9. The highest BCUT2D eigenvalue weighted by Gasteiger charge is 2.19. The number of anilines is 1. The van der Waals surface area contributed by atoms with Gasteiger partial charge in [-0.1, -0.05) is 43.5 Å². The third kappa shape index (κ3) is 8.68. The average molecular weight is 678 g/mol. The van der Waals surface area contributed by atoms with E-state index in [0.717, 1.165) is 45.8 Å². The number of thioether (sulfide) groups is 1. The SMILES string of the molecule is CSc1nc(NCc2nc3cccc(CCCNC(=O)OC(C)(C)C)c3n2COCC[Si](C)(C)C)n2ncc(Br)c2n1. The number of amides is 1. The molecule has 0 aliphatic rings. The number of carbonyl (C=O) groups excluding carboxylic acids is 1. The molecule has 0 spiro atoms. The number of ether oxygens (including phenoxy) is 2. The van der Waals surface area contributed by atoms with E-state index in [1.165, 1.54) is 11.8 Å². The van der Waals surface area contributed by atoms with Crippen LogP contribution in [0.1, 0.15) is 38.6 Å². The van der Waals surface area contributed by atoms with Crippen molar-refractivity contribution in [2.24, 2.45) is 0 Å². The second kappa shape index (κ2) is 13.7. The number of fused-ring (bicyclic) bond motifs is 2. The number of hydrogen-bond donors (Lipinski definition) is 2. The molecule has 0 radical (unpaired) electrons. The van der Waals surface area contributed by atoms with E-state index in [4.69, 9.17) is 14.5 Å². The Hall–Kier alpha value is -2.68. The van der Waals surface area contributed by atoms with Crippen LogP contribution in [0.4, 0.5) is 10.7 Å². The van der Waals surface area contributed by atoms with Crippen molar-refractivity contribution in [2.45, 2.75) is 83.3 Å². The molecule has 0 aliphatic carbocycles. The van der Waals surface area contributed by atoms with Gasteiger partial charge in [-0.25, -0.2) is 14.8 Å². The van der Waals surface area contributed by atoms with Gasteiger partial charge >= 0.3 is 6.09 Å². The number of aromatic nitrogens is 6. The third-order valence-electron chi connectivity index (χ3n) is 6.33. The summed E-state index contributed by atoms with van der Waals surface area (Å²) in [5.74, 6) is 1.42. The Morgan fingerprint density at radius 3 is 2.67 bits per heavy atom. The van der Waals surface area contributed by atoms with Gasteiger partial charge in [-0.05, 0) is 73.5 Å². The van der Waals surface area contributed by atoms with Crippen LogP contribution >= 0.6 is 27.7 Å². The first-order chi connectivity index (χ1) is 19.8. The van der Waals surface area contributed by atoms with Crippen molar-refractivity contribution in [1.82, 2.24) is 34.4 Å². The summed E-state index contributed by atoms with van der Waals surface area (Å²) in [6.07, 6.45) is 4.79. The monoisotopic (exact) mass is 676 g/mol. The molecule has 0 bridgehead atoms. The normalized spacial score (nSPS) is 12.3. The summed E-state index contributed by atoms with van der Waals surface area (Å²) in [4.78, 5) is 26.3. The summed E-state index contributed by atoms with van der Waals surface area (Å²) < 4.78 is 16.2. The fourth-order valence-electron chi connectivity index (χ4n) is 4.30. The molecular formula is C28H41BrN8O3SSi. The van der Waals surface area contributed by atoms with E-state index < -0.39 is 19.8 Å². The molecule has 0 aliphatic heterocycles. The van der Waals surface area contributed by atoms with Crippen molar-refractivity contribution in [3.05, 3.63) is 40.3 Å². The van der Waals surface area contributed by atoms with Gasteiger partial charge in [0.1, 0.15) is 18.2 Å². The van der Waals surface area contributed by atoms with E-state index >= 15 is 0 Å². The number of halogens is 1. The lowest BCUT2D eigenvalue weighted by Gasteiger charge is -2.19. The first-order valence-corrected chi connectivity index (χ1v) is 19.8. The Bertz CT molecular complexity index is 1530. The fourth-order valence-corrected chi connectivity index (χ4v) is 5.76. The van der Waals surface area contributed by atoms with Crippen molar-refractivity contribution >= 4 is 64.5 Å². The number of benzene rings is 1. The molecule has 1 aromatic carbocycles. The van der Waals surface area contributed by atoms with Crippen LogP contribution in [0.3, 0.4) is 0 Å². The number of alkyl carbamates (subject to hydrolysis) is 1. The molecule has 11 nitrogen and oxygen atoms in total. The highest BCUT2D eigenvalue weighted by Crippen LogP contribution is 2.25. The Morgan fingerprint density at radius 2 is 1.95 bits per heavy atom. The smallest absolute Gasteiger partial charge is 0.407 e. The standard InChI is InChI=1S/C28H41BrN8O3SSi/c1-28(2,3)40-27(38)30-13-9-11-19-10-8-12-21-23(19)36(18-39-14-15-42(5,6)7)22(33-21)17-31-25-35-26(41-4)34-24-20(29)16-32-37(24)25/h8,10,12,16H,9,11,13-15,17-18H2,1-7H3,(H,30,38)(H,31,34,35). The van der Waals surface area contributed by atoms with Gasteiger partial charge in [0.25, 0.3) is 0 Å². The predicted molar refractivity (Wildman–Crippen MR) is 174 cm³/mol. The number of nitrogens with one attached hydrogen (secondary N) is 2. The summed E-state index contributed by atoms with van der Waals surface area (Å²) in [7, 11) is -1.23. The number of para-hydroxylation sites is 1. The van der Waals surface area contributed by atoms with E-state index in [1.54, 1.807) is 10.7 Å². The Morgan fingerprint density at radius 1 is 1.17 bits per heavy atom. The number of carbonyl (C=O) groups is 1.